The molecule has 0 aromatic heterocycles. The summed E-state index contributed by atoms with van der Waals surface area (Å²) in [7, 11) is 1.99. The van der Waals surface area contributed by atoms with Gasteiger partial charge in [0, 0.05) is 31.9 Å². The zero-order chi connectivity index (χ0) is 19.1. The summed E-state index contributed by atoms with van der Waals surface area (Å²) < 4.78 is 5.27. The number of carbonyl (C=O) groups is 1. The van der Waals surface area contributed by atoms with Crippen LogP contribution < -0.4 is 5.32 Å². The van der Waals surface area contributed by atoms with Crippen molar-refractivity contribution in [2.24, 2.45) is 0 Å². The van der Waals surface area contributed by atoms with Crippen LogP contribution in [0.2, 0.25) is 0 Å². The number of aliphatic hydroxyl groups is 1. The van der Waals surface area contributed by atoms with E-state index in [1.54, 1.807) is 4.90 Å². The fourth-order valence-electron chi connectivity index (χ4n) is 3.08. The Kier molecular flexibility index (Phi) is 6.81. The van der Waals surface area contributed by atoms with E-state index in [-0.39, 0.29) is 12.6 Å². The second-order valence-corrected chi connectivity index (χ2v) is 6.77. The Morgan fingerprint density at radius 3 is 2.26 bits per heavy atom. The lowest BCUT2D eigenvalue weighted by Gasteiger charge is -2.26. The van der Waals surface area contributed by atoms with Crippen molar-refractivity contribution in [3.05, 3.63) is 54.1 Å². The number of morpholine rings is 1. The molecular formula is C21H27N3O3. The van der Waals surface area contributed by atoms with Gasteiger partial charge in [-0.2, -0.15) is 0 Å². The second-order valence-electron chi connectivity index (χ2n) is 6.77. The molecule has 2 amide bonds. The Balaban J connectivity index is 1.58. The van der Waals surface area contributed by atoms with Crippen molar-refractivity contribution in [1.82, 2.24) is 9.80 Å². The van der Waals surface area contributed by atoms with Crippen molar-refractivity contribution in [2.45, 2.75) is 6.54 Å². The van der Waals surface area contributed by atoms with Gasteiger partial charge in [-0.25, -0.2) is 4.79 Å². The van der Waals surface area contributed by atoms with Gasteiger partial charge in [0.2, 0.25) is 0 Å². The summed E-state index contributed by atoms with van der Waals surface area (Å²) in [4.78, 5) is 16.1. The third-order valence-corrected chi connectivity index (χ3v) is 4.66. The first-order valence-electron chi connectivity index (χ1n) is 9.28. The number of hydrogen-bond acceptors (Lipinski definition) is 4. The van der Waals surface area contributed by atoms with Crippen molar-refractivity contribution in [2.75, 3.05) is 51.8 Å². The maximum atomic E-state index is 12.2. The van der Waals surface area contributed by atoms with E-state index in [1.165, 1.54) is 5.56 Å². The number of aliphatic hydroxyl groups excluding tert-OH is 1. The standard InChI is InChI=1S/C21H27N3O3/c1-23(10-13-25)16-17-2-4-18(5-3-17)19-6-8-20(9-7-19)22-21(26)24-11-14-27-15-12-24/h2-9,25H,10-16H2,1H3,(H,22,26). The van der Waals surface area contributed by atoms with Crippen LogP contribution in [0.4, 0.5) is 10.5 Å². The summed E-state index contributed by atoms with van der Waals surface area (Å²) in [5, 5.41) is 11.9. The number of likely N-dealkylation sites (N-methyl/N-ethyl adjacent to an activating group) is 1. The third kappa shape index (κ3) is 5.53. The van der Waals surface area contributed by atoms with Gasteiger partial charge in [-0.1, -0.05) is 36.4 Å². The number of nitrogens with one attached hydrogen (secondary N) is 1. The van der Waals surface area contributed by atoms with Gasteiger partial charge >= 0.3 is 6.03 Å². The van der Waals surface area contributed by atoms with E-state index >= 15 is 0 Å². The SMILES string of the molecule is CN(CCO)Cc1ccc(-c2ccc(NC(=O)N3CCOCC3)cc2)cc1. The van der Waals surface area contributed by atoms with Crippen LogP contribution in [0.15, 0.2) is 48.5 Å². The van der Waals surface area contributed by atoms with E-state index < -0.39 is 0 Å². The van der Waals surface area contributed by atoms with Crippen LogP contribution in [0, 0.1) is 0 Å². The highest BCUT2D eigenvalue weighted by Crippen LogP contribution is 2.22. The summed E-state index contributed by atoms with van der Waals surface area (Å²) in [6.45, 7) is 4.10. The maximum Gasteiger partial charge on any atom is 0.321 e. The molecule has 0 radical (unpaired) electrons. The lowest BCUT2D eigenvalue weighted by molar-refractivity contribution is 0.0564. The Morgan fingerprint density at radius 2 is 1.67 bits per heavy atom. The first-order valence-corrected chi connectivity index (χ1v) is 9.28. The summed E-state index contributed by atoms with van der Waals surface area (Å²) in [5.41, 5.74) is 4.24. The van der Waals surface area contributed by atoms with Crippen molar-refractivity contribution >= 4 is 11.7 Å². The van der Waals surface area contributed by atoms with Crippen LogP contribution in [-0.4, -0.2) is 67.4 Å². The van der Waals surface area contributed by atoms with Crippen molar-refractivity contribution in [3.63, 3.8) is 0 Å². The van der Waals surface area contributed by atoms with E-state index in [2.05, 4.69) is 34.5 Å². The van der Waals surface area contributed by atoms with Crippen LogP contribution in [0.3, 0.4) is 0 Å². The molecule has 1 saturated heterocycles. The van der Waals surface area contributed by atoms with Gasteiger partial charge in [0.1, 0.15) is 0 Å². The normalized spacial score (nSPS) is 14.4. The van der Waals surface area contributed by atoms with Crippen LogP contribution in [0.1, 0.15) is 5.56 Å². The second kappa shape index (κ2) is 9.50. The molecule has 1 heterocycles. The molecule has 0 saturated carbocycles. The summed E-state index contributed by atoms with van der Waals surface area (Å²) in [6, 6.07) is 16.2. The van der Waals surface area contributed by atoms with E-state index in [0.717, 1.165) is 23.4 Å². The highest BCUT2D eigenvalue weighted by atomic mass is 16.5. The Labute approximate surface area is 160 Å². The fourth-order valence-corrected chi connectivity index (χ4v) is 3.08. The van der Waals surface area contributed by atoms with Gasteiger partial charge in [0.05, 0.1) is 19.8 Å². The number of ether oxygens (including phenoxy) is 1. The molecule has 6 nitrogen and oxygen atoms in total. The van der Waals surface area contributed by atoms with Crippen LogP contribution in [0.5, 0.6) is 0 Å². The van der Waals surface area contributed by atoms with Crippen molar-refractivity contribution in [3.8, 4) is 11.1 Å². The molecule has 0 atom stereocenters. The predicted octanol–water partition coefficient (Wildman–Crippen LogP) is 2.64. The molecule has 2 aromatic carbocycles. The average molecular weight is 369 g/mol. The molecule has 0 spiro atoms. The molecule has 1 fully saturated rings. The lowest BCUT2D eigenvalue weighted by Crippen LogP contribution is -2.43. The summed E-state index contributed by atoms with van der Waals surface area (Å²) in [5.74, 6) is 0. The van der Waals surface area contributed by atoms with E-state index in [4.69, 9.17) is 9.84 Å². The number of hydrogen-bond donors (Lipinski definition) is 2. The van der Waals surface area contributed by atoms with Gasteiger partial charge in [-0.15, -0.1) is 0 Å². The molecule has 2 N–H and O–H groups in total. The fraction of sp³-hybridized carbons (Fsp3) is 0.381. The third-order valence-electron chi connectivity index (χ3n) is 4.66. The molecule has 27 heavy (non-hydrogen) atoms. The molecule has 0 bridgehead atoms. The quantitative estimate of drug-likeness (QED) is 0.822. The number of anilines is 1. The van der Waals surface area contributed by atoms with E-state index in [1.807, 2.05) is 31.3 Å². The van der Waals surface area contributed by atoms with E-state index in [9.17, 15) is 4.79 Å². The smallest absolute Gasteiger partial charge is 0.321 e. The minimum atomic E-state index is -0.0811. The number of amides is 2. The highest BCUT2D eigenvalue weighted by molar-refractivity contribution is 5.89. The summed E-state index contributed by atoms with van der Waals surface area (Å²) >= 11 is 0. The molecule has 1 aliphatic heterocycles. The predicted molar refractivity (Wildman–Crippen MR) is 107 cm³/mol. The van der Waals surface area contributed by atoms with Crippen LogP contribution >= 0.6 is 0 Å². The number of rotatable bonds is 6. The van der Waals surface area contributed by atoms with Gasteiger partial charge in [-0.3, -0.25) is 4.90 Å². The molecule has 3 rings (SSSR count). The van der Waals surface area contributed by atoms with Gasteiger partial charge < -0.3 is 20.1 Å². The number of carbonyl (C=O) groups excluding carboxylic acids is 1. The number of benzene rings is 2. The van der Waals surface area contributed by atoms with Crippen molar-refractivity contribution < 1.29 is 14.6 Å². The monoisotopic (exact) mass is 369 g/mol. The lowest BCUT2D eigenvalue weighted by atomic mass is 10.0. The Bertz CT molecular complexity index is 725. The Hall–Kier alpha value is -2.41. The van der Waals surface area contributed by atoms with Crippen LogP contribution in [-0.2, 0) is 11.3 Å². The molecule has 144 valence electrons. The molecule has 0 unspecified atom stereocenters. The molecular weight excluding hydrogens is 342 g/mol. The van der Waals surface area contributed by atoms with Gasteiger partial charge in [0.15, 0.2) is 0 Å². The van der Waals surface area contributed by atoms with Gasteiger partial charge in [-0.05, 0) is 35.9 Å². The number of nitrogens with zero attached hydrogens (tertiary/aromatic N) is 2. The minimum Gasteiger partial charge on any atom is -0.395 e. The average Bonchev–Trinajstić information content (AvgIpc) is 2.70. The van der Waals surface area contributed by atoms with Crippen LogP contribution in [0.25, 0.3) is 11.1 Å². The highest BCUT2D eigenvalue weighted by Gasteiger charge is 2.16. The zero-order valence-electron chi connectivity index (χ0n) is 15.7. The largest absolute Gasteiger partial charge is 0.395 e. The summed E-state index contributed by atoms with van der Waals surface area (Å²) in [6.07, 6.45) is 0. The molecule has 0 aliphatic carbocycles. The molecule has 6 heteroatoms. The zero-order valence-corrected chi connectivity index (χ0v) is 15.7. The first kappa shape index (κ1) is 19.4. The van der Waals surface area contributed by atoms with Gasteiger partial charge in [0.25, 0.3) is 0 Å². The maximum absolute atomic E-state index is 12.2. The Morgan fingerprint density at radius 1 is 1.07 bits per heavy atom. The first-order chi connectivity index (χ1) is 13.2. The molecule has 2 aromatic rings. The topological polar surface area (TPSA) is 65.0 Å². The molecule has 1 aliphatic rings. The number of urea groups is 1. The minimum absolute atomic E-state index is 0.0811. The van der Waals surface area contributed by atoms with Crippen molar-refractivity contribution in [1.29, 1.82) is 0 Å². The van der Waals surface area contributed by atoms with E-state index in [0.29, 0.717) is 32.8 Å².